The zero-order chi connectivity index (χ0) is 15.3. The zero-order valence-electron chi connectivity index (χ0n) is 12.3. The molecule has 1 atom stereocenters. The fourth-order valence-corrected chi connectivity index (χ4v) is 1.96. The lowest BCUT2D eigenvalue weighted by atomic mass is 9.94. The van der Waals surface area contributed by atoms with Crippen LogP contribution in [-0.2, 0) is 5.54 Å². The van der Waals surface area contributed by atoms with E-state index in [0.717, 1.165) is 11.3 Å². The first-order chi connectivity index (χ1) is 10.0. The van der Waals surface area contributed by atoms with Crippen LogP contribution in [0.2, 0.25) is 0 Å². The van der Waals surface area contributed by atoms with Gasteiger partial charge in [-0.05, 0) is 17.7 Å². The molecule has 108 valence electrons. The van der Waals surface area contributed by atoms with Gasteiger partial charge >= 0.3 is 0 Å². The number of nitrogens with zero attached hydrogens (tertiary/aromatic N) is 2. The Morgan fingerprint density at radius 3 is 2.48 bits per heavy atom. The molecule has 0 fully saturated rings. The second kappa shape index (κ2) is 6.29. The van der Waals surface area contributed by atoms with Crippen molar-refractivity contribution >= 4 is 5.69 Å². The minimum Gasteiger partial charge on any atom is -0.490 e. The standard InChI is InChI=1S/C17H19N3O/c1-20(2)15-9-6-10-16(11-15)21-13-17(19,12-18)14-7-4-3-5-8-14/h3-11H,13,19H2,1-2H3. The molecular weight excluding hydrogens is 262 g/mol. The van der Waals surface area contributed by atoms with Crippen LogP contribution in [0.1, 0.15) is 5.56 Å². The summed E-state index contributed by atoms with van der Waals surface area (Å²) < 4.78 is 5.73. The SMILES string of the molecule is CN(C)c1cccc(OCC(N)(C#N)c2ccccc2)c1. The predicted octanol–water partition coefficient (Wildman–Crippen LogP) is 2.51. The van der Waals surface area contributed by atoms with Crippen molar-refractivity contribution in [1.29, 1.82) is 5.26 Å². The van der Waals surface area contributed by atoms with Gasteiger partial charge in [0.2, 0.25) is 0 Å². The van der Waals surface area contributed by atoms with Crippen LogP contribution >= 0.6 is 0 Å². The number of nitriles is 1. The minimum absolute atomic E-state index is 0.102. The normalized spacial score (nSPS) is 13.0. The number of rotatable bonds is 5. The monoisotopic (exact) mass is 281 g/mol. The van der Waals surface area contributed by atoms with Gasteiger partial charge in [-0.25, -0.2) is 0 Å². The first kappa shape index (κ1) is 14.9. The van der Waals surface area contributed by atoms with Gasteiger partial charge in [0.1, 0.15) is 12.4 Å². The third-order valence-electron chi connectivity index (χ3n) is 3.29. The van der Waals surface area contributed by atoms with Crippen LogP contribution in [0, 0.1) is 11.3 Å². The Kier molecular flexibility index (Phi) is 4.46. The Balaban J connectivity index is 2.14. The van der Waals surface area contributed by atoms with Gasteiger partial charge in [-0.1, -0.05) is 36.4 Å². The van der Waals surface area contributed by atoms with Crippen LogP contribution < -0.4 is 15.4 Å². The average Bonchev–Trinajstić information content (AvgIpc) is 2.53. The van der Waals surface area contributed by atoms with E-state index < -0.39 is 5.54 Å². The molecule has 0 saturated carbocycles. The van der Waals surface area contributed by atoms with Crippen LogP contribution in [-0.4, -0.2) is 20.7 Å². The maximum absolute atomic E-state index is 9.40. The Hall–Kier alpha value is -2.51. The first-order valence-corrected chi connectivity index (χ1v) is 6.71. The fourth-order valence-electron chi connectivity index (χ4n) is 1.96. The van der Waals surface area contributed by atoms with Crippen LogP contribution in [0.25, 0.3) is 0 Å². The van der Waals surface area contributed by atoms with Crippen molar-refractivity contribution in [3.63, 3.8) is 0 Å². The summed E-state index contributed by atoms with van der Waals surface area (Å²) in [6.45, 7) is 0.102. The van der Waals surface area contributed by atoms with Gasteiger partial charge in [0, 0.05) is 25.8 Å². The molecule has 0 spiro atoms. The van der Waals surface area contributed by atoms with Gasteiger partial charge in [-0.2, -0.15) is 5.26 Å². The van der Waals surface area contributed by atoms with Gasteiger partial charge < -0.3 is 15.4 Å². The molecule has 4 nitrogen and oxygen atoms in total. The third-order valence-corrected chi connectivity index (χ3v) is 3.29. The second-order valence-electron chi connectivity index (χ2n) is 5.13. The highest BCUT2D eigenvalue weighted by Crippen LogP contribution is 2.23. The molecule has 0 aliphatic rings. The molecule has 0 aromatic heterocycles. The van der Waals surface area contributed by atoms with E-state index in [1.54, 1.807) is 0 Å². The molecule has 0 saturated heterocycles. The van der Waals surface area contributed by atoms with E-state index in [4.69, 9.17) is 10.5 Å². The minimum atomic E-state index is -1.16. The summed E-state index contributed by atoms with van der Waals surface area (Å²) in [7, 11) is 3.93. The number of nitrogens with two attached hydrogens (primary N) is 1. The van der Waals surface area contributed by atoms with E-state index in [0.29, 0.717) is 5.75 Å². The lowest BCUT2D eigenvalue weighted by Gasteiger charge is -2.23. The van der Waals surface area contributed by atoms with Gasteiger partial charge in [-0.3, -0.25) is 0 Å². The van der Waals surface area contributed by atoms with Crippen molar-refractivity contribution in [2.24, 2.45) is 5.73 Å². The molecular formula is C17H19N3O. The number of hydrogen-bond acceptors (Lipinski definition) is 4. The Bertz CT molecular complexity index is 634. The highest BCUT2D eigenvalue weighted by atomic mass is 16.5. The molecule has 2 N–H and O–H groups in total. The number of anilines is 1. The van der Waals surface area contributed by atoms with Crippen molar-refractivity contribution in [3.8, 4) is 11.8 Å². The van der Waals surface area contributed by atoms with E-state index in [2.05, 4.69) is 6.07 Å². The Morgan fingerprint density at radius 2 is 1.86 bits per heavy atom. The van der Waals surface area contributed by atoms with Crippen molar-refractivity contribution < 1.29 is 4.74 Å². The fraction of sp³-hybridized carbons (Fsp3) is 0.235. The summed E-state index contributed by atoms with van der Waals surface area (Å²) in [6.07, 6.45) is 0. The summed E-state index contributed by atoms with van der Waals surface area (Å²) in [5, 5.41) is 9.40. The lowest BCUT2D eigenvalue weighted by molar-refractivity contribution is 0.255. The third kappa shape index (κ3) is 3.53. The van der Waals surface area contributed by atoms with Gasteiger partial charge in [0.15, 0.2) is 5.54 Å². The van der Waals surface area contributed by atoms with E-state index in [1.165, 1.54) is 0 Å². The van der Waals surface area contributed by atoms with Crippen LogP contribution in [0.5, 0.6) is 5.75 Å². The number of ether oxygens (including phenoxy) is 1. The smallest absolute Gasteiger partial charge is 0.164 e. The Morgan fingerprint density at radius 1 is 1.14 bits per heavy atom. The highest BCUT2D eigenvalue weighted by Gasteiger charge is 2.28. The molecule has 2 rings (SSSR count). The molecule has 0 amide bonds. The first-order valence-electron chi connectivity index (χ1n) is 6.71. The lowest BCUT2D eigenvalue weighted by Crippen LogP contribution is -2.41. The predicted molar refractivity (Wildman–Crippen MR) is 84.2 cm³/mol. The van der Waals surface area contributed by atoms with Crippen LogP contribution in [0.3, 0.4) is 0 Å². The molecule has 0 radical (unpaired) electrons. The van der Waals surface area contributed by atoms with Crippen LogP contribution in [0.15, 0.2) is 54.6 Å². The molecule has 1 unspecified atom stereocenters. The van der Waals surface area contributed by atoms with E-state index in [9.17, 15) is 5.26 Å². The number of hydrogen-bond donors (Lipinski definition) is 1. The maximum atomic E-state index is 9.40. The molecule has 2 aromatic carbocycles. The largest absolute Gasteiger partial charge is 0.490 e. The average molecular weight is 281 g/mol. The zero-order valence-corrected chi connectivity index (χ0v) is 12.3. The topological polar surface area (TPSA) is 62.3 Å². The second-order valence-corrected chi connectivity index (χ2v) is 5.13. The van der Waals surface area contributed by atoms with Crippen molar-refractivity contribution in [3.05, 3.63) is 60.2 Å². The summed E-state index contributed by atoms with van der Waals surface area (Å²) in [5.74, 6) is 0.696. The summed E-state index contributed by atoms with van der Waals surface area (Å²) in [4.78, 5) is 1.99. The summed E-state index contributed by atoms with van der Waals surface area (Å²) in [5.41, 5.74) is 6.79. The highest BCUT2D eigenvalue weighted by molar-refractivity contribution is 5.49. The summed E-state index contributed by atoms with van der Waals surface area (Å²) >= 11 is 0. The molecule has 0 heterocycles. The molecule has 2 aromatic rings. The number of benzene rings is 2. The quantitative estimate of drug-likeness (QED) is 0.914. The van der Waals surface area contributed by atoms with Gasteiger partial charge in [0.05, 0.1) is 6.07 Å². The van der Waals surface area contributed by atoms with Gasteiger partial charge in [0.25, 0.3) is 0 Å². The Labute approximate surface area is 125 Å². The summed E-state index contributed by atoms with van der Waals surface area (Å²) in [6, 6.07) is 19.1. The van der Waals surface area contributed by atoms with Crippen molar-refractivity contribution in [2.75, 3.05) is 25.6 Å². The molecule has 21 heavy (non-hydrogen) atoms. The van der Waals surface area contributed by atoms with E-state index in [-0.39, 0.29) is 6.61 Å². The molecule has 0 bridgehead atoms. The van der Waals surface area contributed by atoms with E-state index in [1.807, 2.05) is 73.6 Å². The van der Waals surface area contributed by atoms with Crippen LogP contribution in [0.4, 0.5) is 5.69 Å². The molecule has 0 aliphatic carbocycles. The van der Waals surface area contributed by atoms with E-state index >= 15 is 0 Å². The maximum Gasteiger partial charge on any atom is 0.164 e. The van der Waals surface area contributed by atoms with Crippen molar-refractivity contribution in [1.82, 2.24) is 0 Å². The van der Waals surface area contributed by atoms with Gasteiger partial charge in [-0.15, -0.1) is 0 Å². The molecule has 0 aliphatic heterocycles. The van der Waals surface area contributed by atoms with Crippen molar-refractivity contribution in [2.45, 2.75) is 5.54 Å². The molecule has 4 heteroatoms.